The lowest BCUT2D eigenvalue weighted by atomic mass is 10.1. The minimum atomic E-state index is -1.64. The van der Waals surface area contributed by atoms with Crippen LogP contribution in [-0.4, -0.2) is 37.8 Å². The molecular formula is C29H27Cl2N3O4S. The van der Waals surface area contributed by atoms with Crippen molar-refractivity contribution in [3.63, 3.8) is 0 Å². The zero-order chi connectivity index (χ0) is 27.8. The van der Waals surface area contributed by atoms with Gasteiger partial charge in [0.15, 0.2) is 5.75 Å². The van der Waals surface area contributed by atoms with Crippen LogP contribution >= 0.6 is 23.2 Å². The number of halogens is 2. The van der Waals surface area contributed by atoms with Crippen molar-refractivity contribution in [2.45, 2.75) is 4.90 Å². The van der Waals surface area contributed by atoms with E-state index in [0.717, 1.165) is 16.8 Å². The van der Waals surface area contributed by atoms with E-state index < -0.39 is 11.4 Å². The van der Waals surface area contributed by atoms with Crippen LogP contribution in [0.25, 0.3) is 11.1 Å². The SMILES string of the molecule is COc1ccccc1C(=O)NCCNc1cccc(N[S+]([O-])c2cc(-c3cc(Cl)ccc3Cl)ccc2OC)c1. The van der Waals surface area contributed by atoms with Crippen LogP contribution in [0.2, 0.25) is 10.0 Å². The number of nitrogens with one attached hydrogen (secondary N) is 3. The van der Waals surface area contributed by atoms with E-state index in [2.05, 4.69) is 15.4 Å². The second-order valence-electron chi connectivity index (χ2n) is 8.32. The zero-order valence-electron chi connectivity index (χ0n) is 21.3. The monoisotopic (exact) mass is 583 g/mol. The summed E-state index contributed by atoms with van der Waals surface area (Å²) < 4.78 is 27.1. The average molecular weight is 585 g/mol. The molecule has 1 amide bonds. The smallest absolute Gasteiger partial charge is 0.255 e. The van der Waals surface area contributed by atoms with E-state index in [-0.39, 0.29) is 5.91 Å². The molecule has 0 heterocycles. The third-order valence-corrected chi connectivity index (χ3v) is 7.47. The molecule has 4 rings (SSSR count). The Bertz CT molecular complexity index is 1450. The van der Waals surface area contributed by atoms with E-state index in [0.29, 0.717) is 50.8 Å². The molecule has 7 nitrogen and oxygen atoms in total. The molecule has 0 bridgehead atoms. The Morgan fingerprint density at radius 3 is 2.41 bits per heavy atom. The summed E-state index contributed by atoms with van der Waals surface area (Å²) in [5.41, 5.74) is 3.42. The molecule has 0 aliphatic carbocycles. The molecule has 0 radical (unpaired) electrons. The molecule has 1 unspecified atom stereocenters. The third-order valence-electron chi connectivity index (χ3n) is 5.77. The van der Waals surface area contributed by atoms with E-state index >= 15 is 0 Å². The van der Waals surface area contributed by atoms with Crippen LogP contribution < -0.4 is 24.8 Å². The van der Waals surface area contributed by atoms with Crippen molar-refractivity contribution in [3.05, 3.63) is 101 Å². The minimum Gasteiger partial charge on any atom is -0.588 e. The Balaban J connectivity index is 1.39. The van der Waals surface area contributed by atoms with E-state index in [4.69, 9.17) is 32.7 Å². The summed E-state index contributed by atoms with van der Waals surface area (Å²) in [6, 6.07) is 25.0. The maximum atomic E-state index is 13.3. The predicted molar refractivity (Wildman–Crippen MR) is 159 cm³/mol. The summed E-state index contributed by atoms with van der Waals surface area (Å²) in [4.78, 5) is 12.9. The van der Waals surface area contributed by atoms with Crippen LogP contribution in [0.3, 0.4) is 0 Å². The Hall–Kier alpha value is -3.56. The van der Waals surface area contributed by atoms with Crippen molar-refractivity contribution in [1.29, 1.82) is 0 Å². The number of methoxy groups -OCH3 is 2. The van der Waals surface area contributed by atoms with E-state index in [9.17, 15) is 9.35 Å². The maximum Gasteiger partial charge on any atom is 0.255 e. The van der Waals surface area contributed by atoms with Crippen molar-refractivity contribution in [2.75, 3.05) is 37.3 Å². The highest BCUT2D eigenvalue weighted by molar-refractivity contribution is 7.92. The molecule has 202 valence electrons. The number of benzene rings is 4. The number of anilines is 2. The molecule has 4 aromatic carbocycles. The molecule has 0 aromatic heterocycles. The van der Waals surface area contributed by atoms with Gasteiger partial charge in [-0.3, -0.25) is 4.79 Å². The van der Waals surface area contributed by atoms with Crippen LogP contribution in [0.1, 0.15) is 10.4 Å². The highest BCUT2D eigenvalue weighted by Crippen LogP contribution is 2.35. The van der Waals surface area contributed by atoms with Gasteiger partial charge in [0.25, 0.3) is 5.91 Å². The standard InChI is InChI=1S/C29H27Cl2N3O4S/c1-37-26-9-4-3-8-23(26)29(35)33-15-14-32-21-6-5-7-22(18-21)34-39(36)28-16-19(10-13-27(28)38-2)24-17-20(30)11-12-25(24)31/h3-13,16-18,32,34H,14-15H2,1-2H3,(H,33,35). The average Bonchev–Trinajstić information content (AvgIpc) is 2.96. The van der Waals surface area contributed by atoms with Crippen molar-refractivity contribution < 1.29 is 18.8 Å². The molecule has 1 atom stereocenters. The lowest BCUT2D eigenvalue weighted by Gasteiger charge is -2.16. The fourth-order valence-corrected chi connectivity index (χ4v) is 5.29. The summed E-state index contributed by atoms with van der Waals surface area (Å²) in [6.45, 7) is 0.889. The minimum absolute atomic E-state index is 0.213. The van der Waals surface area contributed by atoms with Crippen molar-refractivity contribution in [1.82, 2.24) is 5.32 Å². The first kappa shape index (κ1) is 28.4. The van der Waals surface area contributed by atoms with Crippen LogP contribution in [0.5, 0.6) is 11.5 Å². The van der Waals surface area contributed by atoms with Crippen LogP contribution in [0, 0.1) is 0 Å². The van der Waals surface area contributed by atoms with Crippen molar-refractivity contribution >= 4 is 51.8 Å². The first-order valence-corrected chi connectivity index (χ1v) is 13.9. The number of hydrogen-bond donors (Lipinski definition) is 3. The van der Waals surface area contributed by atoms with Gasteiger partial charge in [-0.2, -0.15) is 0 Å². The molecular weight excluding hydrogens is 557 g/mol. The molecule has 0 saturated heterocycles. The summed E-state index contributed by atoms with van der Waals surface area (Å²) in [7, 11) is 3.06. The normalized spacial score (nSPS) is 11.4. The van der Waals surface area contributed by atoms with Crippen LogP contribution in [0.4, 0.5) is 11.4 Å². The second kappa shape index (κ2) is 13.5. The first-order chi connectivity index (χ1) is 18.9. The number of amides is 1. The first-order valence-electron chi connectivity index (χ1n) is 12.0. The summed E-state index contributed by atoms with van der Waals surface area (Å²) in [5, 5.41) is 7.22. The molecule has 3 N–H and O–H groups in total. The molecule has 0 aliphatic heterocycles. The Kier molecular flexibility index (Phi) is 9.84. The fourth-order valence-electron chi connectivity index (χ4n) is 3.87. The molecule has 0 spiro atoms. The number of hydrogen-bond acceptors (Lipinski definition) is 6. The number of para-hydroxylation sites is 1. The lowest BCUT2D eigenvalue weighted by Crippen LogP contribution is -2.29. The lowest BCUT2D eigenvalue weighted by molar-refractivity contribution is 0.0952. The Morgan fingerprint density at radius 1 is 0.846 bits per heavy atom. The van der Waals surface area contributed by atoms with Crippen LogP contribution in [0.15, 0.2) is 89.8 Å². The molecule has 0 saturated carbocycles. The van der Waals surface area contributed by atoms with Gasteiger partial charge in [0.1, 0.15) is 17.1 Å². The quantitative estimate of drug-likeness (QED) is 0.135. The van der Waals surface area contributed by atoms with E-state index in [1.165, 1.54) is 14.2 Å². The predicted octanol–water partition coefficient (Wildman–Crippen LogP) is 6.65. The van der Waals surface area contributed by atoms with E-state index in [1.807, 2.05) is 36.4 Å². The van der Waals surface area contributed by atoms with Gasteiger partial charge in [0, 0.05) is 40.5 Å². The summed E-state index contributed by atoms with van der Waals surface area (Å²) in [6.07, 6.45) is 0. The van der Waals surface area contributed by atoms with Gasteiger partial charge in [-0.1, -0.05) is 47.5 Å². The molecule has 4 aromatic rings. The van der Waals surface area contributed by atoms with Gasteiger partial charge in [-0.05, 0) is 60.2 Å². The van der Waals surface area contributed by atoms with Gasteiger partial charge >= 0.3 is 0 Å². The number of carbonyl (C=O) groups excluding carboxylic acids is 1. The fraction of sp³-hybridized carbons (Fsp3) is 0.138. The second-order valence-corrected chi connectivity index (χ2v) is 10.3. The van der Waals surface area contributed by atoms with E-state index in [1.54, 1.807) is 48.5 Å². The van der Waals surface area contributed by atoms with Gasteiger partial charge in [-0.25, -0.2) is 4.72 Å². The van der Waals surface area contributed by atoms with Crippen molar-refractivity contribution in [3.8, 4) is 22.6 Å². The van der Waals surface area contributed by atoms with Gasteiger partial charge < -0.3 is 24.7 Å². The zero-order valence-corrected chi connectivity index (χ0v) is 23.6. The molecule has 0 fully saturated rings. The highest BCUT2D eigenvalue weighted by Gasteiger charge is 2.20. The Morgan fingerprint density at radius 2 is 1.62 bits per heavy atom. The summed E-state index contributed by atoms with van der Waals surface area (Å²) >= 11 is 10.9. The van der Waals surface area contributed by atoms with Gasteiger partial charge in [-0.15, -0.1) is 0 Å². The number of ether oxygens (including phenoxy) is 2. The largest absolute Gasteiger partial charge is 0.588 e. The highest BCUT2D eigenvalue weighted by atomic mass is 35.5. The molecule has 39 heavy (non-hydrogen) atoms. The number of carbonyl (C=O) groups is 1. The van der Waals surface area contributed by atoms with Gasteiger partial charge in [0.05, 0.1) is 25.5 Å². The third kappa shape index (κ3) is 7.30. The van der Waals surface area contributed by atoms with Crippen molar-refractivity contribution in [2.24, 2.45) is 0 Å². The maximum absolute atomic E-state index is 13.3. The number of rotatable bonds is 11. The molecule has 10 heteroatoms. The summed E-state index contributed by atoms with van der Waals surface area (Å²) in [5.74, 6) is 0.783. The van der Waals surface area contributed by atoms with Gasteiger partial charge in [0.2, 0.25) is 4.90 Å². The topological polar surface area (TPSA) is 94.7 Å². The Labute approximate surface area is 240 Å². The van der Waals surface area contributed by atoms with Crippen LogP contribution in [-0.2, 0) is 11.4 Å². The molecule has 0 aliphatic rings.